The van der Waals surface area contributed by atoms with Crippen LogP contribution in [0.15, 0.2) is 41.4 Å². The number of amidine groups is 1. The number of hydrogen-bond donors (Lipinski definition) is 1. The highest BCUT2D eigenvalue weighted by molar-refractivity contribution is 8.15. The molecule has 0 bridgehead atoms. The van der Waals surface area contributed by atoms with Gasteiger partial charge in [-0.15, -0.1) is 0 Å². The highest BCUT2D eigenvalue weighted by atomic mass is 35.5. The van der Waals surface area contributed by atoms with Gasteiger partial charge >= 0.3 is 0 Å². The molecule has 5 nitrogen and oxygen atoms in total. The van der Waals surface area contributed by atoms with Crippen LogP contribution in [-0.2, 0) is 9.59 Å². The van der Waals surface area contributed by atoms with E-state index in [2.05, 4.69) is 25.2 Å². The molecule has 2 aromatic rings. The molecule has 1 N–H and O–H groups in total. The Morgan fingerprint density at radius 1 is 1.19 bits per heavy atom. The fourth-order valence-electron chi connectivity index (χ4n) is 3.50. The molecule has 1 atom stereocenters. The Morgan fingerprint density at radius 2 is 1.87 bits per heavy atom. The molecular weight excluding hydrogens is 430 g/mol. The molecule has 7 heteroatoms. The SMILES string of the molecule is Cc1cc(C)cc(N=C2SC(CC(=O)Nc3cccc(Cl)c3C)C(=O)N2CC(C)C)c1. The van der Waals surface area contributed by atoms with Crippen LogP contribution in [0.4, 0.5) is 11.4 Å². The number of thioether (sulfide) groups is 1. The number of rotatable bonds is 6. The summed E-state index contributed by atoms with van der Waals surface area (Å²) in [6.07, 6.45) is 0.0793. The van der Waals surface area contributed by atoms with E-state index < -0.39 is 5.25 Å². The van der Waals surface area contributed by atoms with Gasteiger partial charge in [-0.1, -0.05) is 49.3 Å². The zero-order valence-corrected chi connectivity index (χ0v) is 20.1. The number of aliphatic imine (C=N–C) groups is 1. The van der Waals surface area contributed by atoms with Gasteiger partial charge < -0.3 is 5.32 Å². The Kier molecular flexibility index (Phi) is 7.44. The first kappa shape index (κ1) is 23.4. The van der Waals surface area contributed by atoms with E-state index >= 15 is 0 Å². The van der Waals surface area contributed by atoms with Crippen molar-refractivity contribution in [2.75, 3.05) is 11.9 Å². The Balaban J connectivity index is 1.80. The Hall–Kier alpha value is -2.31. The van der Waals surface area contributed by atoms with E-state index in [-0.39, 0.29) is 24.2 Å². The average Bonchev–Trinajstić information content (AvgIpc) is 2.93. The molecule has 1 aliphatic heterocycles. The summed E-state index contributed by atoms with van der Waals surface area (Å²) in [5.41, 5.74) is 4.53. The smallest absolute Gasteiger partial charge is 0.242 e. The maximum atomic E-state index is 13.1. The minimum atomic E-state index is -0.497. The molecule has 2 aromatic carbocycles. The number of carbonyl (C=O) groups is 2. The van der Waals surface area contributed by atoms with Crippen molar-refractivity contribution in [3.63, 3.8) is 0 Å². The third-order valence-electron chi connectivity index (χ3n) is 4.91. The minimum absolute atomic E-state index is 0.0696. The molecule has 1 aliphatic rings. The van der Waals surface area contributed by atoms with Crippen molar-refractivity contribution in [2.45, 2.75) is 46.3 Å². The first-order valence-electron chi connectivity index (χ1n) is 10.3. The summed E-state index contributed by atoms with van der Waals surface area (Å²) in [5.74, 6) is 0.00355. The standard InChI is InChI=1S/C24H28ClN3O2S/c1-14(2)13-28-23(30)21(12-22(29)27-20-8-6-7-19(25)17(20)5)31-24(28)26-18-10-15(3)9-16(4)11-18/h6-11,14,21H,12-13H2,1-5H3,(H,27,29). The molecule has 1 fully saturated rings. The van der Waals surface area contributed by atoms with Gasteiger partial charge in [0, 0.05) is 23.7 Å². The highest BCUT2D eigenvalue weighted by Gasteiger charge is 2.39. The first-order valence-corrected chi connectivity index (χ1v) is 11.6. The number of benzene rings is 2. The lowest BCUT2D eigenvalue weighted by molar-refractivity contribution is -0.128. The second kappa shape index (κ2) is 9.88. The average molecular weight is 458 g/mol. The van der Waals surface area contributed by atoms with E-state index in [1.807, 2.05) is 32.9 Å². The van der Waals surface area contributed by atoms with Gasteiger partial charge in [-0.05, 0) is 67.6 Å². The normalized spacial score (nSPS) is 17.6. The van der Waals surface area contributed by atoms with Crippen molar-refractivity contribution >= 4 is 51.7 Å². The van der Waals surface area contributed by atoms with Crippen molar-refractivity contribution in [2.24, 2.45) is 10.9 Å². The van der Waals surface area contributed by atoms with E-state index in [9.17, 15) is 9.59 Å². The van der Waals surface area contributed by atoms with Crippen LogP contribution in [0.2, 0.25) is 5.02 Å². The molecule has 1 heterocycles. The molecule has 31 heavy (non-hydrogen) atoms. The molecule has 0 aromatic heterocycles. The topological polar surface area (TPSA) is 61.8 Å². The van der Waals surface area contributed by atoms with Gasteiger partial charge in [-0.3, -0.25) is 14.5 Å². The van der Waals surface area contributed by atoms with Crippen LogP contribution in [0.3, 0.4) is 0 Å². The van der Waals surface area contributed by atoms with Crippen molar-refractivity contribution in [1.29, 1.82) is 0 Å². The monoisotopic (exact) mass is 457 g/mol. The predicted octanol–water partition coefficient (Wildman–Crippen LogP) is 5.88. The minimum Gasteiger partial charge on any atom is -0.326 e. The van der Waals surface area contributed by atoms with Crippen LogP contribution in [0.25, 0.3) is 0 Å². The Morgan fingerprint density at radius 3 is 2.52 bits per heavy atom. The largest absolute Gasteiger partial charge is 0.326 e. The van der Waals surface area contributed by atoms with Crippen LogP contribution < -0.4 is 5.32 Å². The Labute approximate surface area is 193 Å². The summed E-state index contributed by atoms with van der Waals surface area (Å²) >= 11 is 7.51. The van der Waals surface area contributed by atoms with Crippen molar-refractivity contribution in [3.05, 3.63) is 58.1 Å². The molecule has 0 aliphatic carbocycles. The summed E-state index contributed by atoms with van der Waals surface area (Å²) in [4.78, 5) is 32.3. The van der Waals surface area contributed by atoms with E-state index in [1.165, 1.54) is 11.8 Å². The second-order valence-corrected chi connectivity index (χ2v) is 9.93. The van der Waals surface area contributed by atoms with Gasteiger partial charge in [0.1, 0.15) is 5.25 Å². The number of amides is 2. The van der Waals surface area contributed by atoms with Gasteiger partial charge in [0.15, 0.2) is 5.17 Å². The lowest BCUT2D eigenvalue weighted by Gasteiger charge is -2.18. The summed E-state index contributed by atoms with van der Waals surface area (Å²) < 4.78 is 0. The molecule has 3 rings (SSSR count). The quantitative estimate of drug-likeness (QED) is 0.589. The van der Waals surface area contributed by atoms with Gasteiger partial charge in [0.25, 0.3) is 0 Å². The number of anilines is 1. The van der Waals surface area contributed by atoms with E-state index in [1.54, 1.807) is 23.1 Å². The number of halogens is 1. The third-order valence-corrected chi connectivity index (χ3v) is 6.50. The van der Waals surface area contributed by atoms with E-state index in [0.717, 1.165) is 22.4 Å². The van der Waals surface area contributed by atoms with Crippen molar-refractivity contribution < 1.29 is 9.59 Å². The number of aryl methyl sites for hydroxylation is 2. The molecule has 0 radical (unpaired) electrons. The zero-order chi connectivity index (χ0) is 22.7. The number of hydrogen-bond acceptors (Lipinski definition) is 4. The fraction of sp³-hybridized carbons (Fsp3) is 0.375. The highest BCUT2D eigenvalue weighted by Crippen LogP contribution is 2.33. The van der Waals surface area contributed by atoms with Gasteiger partial charge in [0.2, 0.25) is 11.8 Å². The predicted molar refractivity (Wildman–Crippen MR) is 130 cm³/mol. The first-order chi connectivity index (χ1) is 14.6. The third kappa shape index (κ3) is 5.89. The van der Waals surface area contributed by atoms with Crippen LogP contribution in [-0.4, -0.2) is 33.7 Å². The fourth-order valence-corrected chi connectivity index (χ4v) is 4.84. The molecule has 2 amide bonds. The van der Waals surface area contributed by atoms with E-state index in [0.29, 0.717) is 22.4 Å². The summed E-state index contributed by atoms with van der Waals surface area (Å²) in [6, 6.07) is 11.5. The molecular formula is C24H28ClN3O2S. The molecule has 1 saturated heterocycles. The lowest BCUT2D eigenvalue weighted by atomic mass is 10.1. The molecule has 0 saturated carbocycles. The van der Waals surface area contributed by atoms with Gasteiger partial charge in [-0.25, -0.2) is 4.99 Å². The lowest BCUT2D eigenvalue weighted by Crippen LogP contribution is -2.36. The van der Waals surface area contributed by atoms with Crippen LogP contribution in [0.5, 0.6) is 0 Å². The summed E-state index contributed by atoms with van der Waals surface area (Å²) in [5, 5.41) is 3.63. The maximum absolute atomic E-state index is 13.1. The van der Waals surface area contributed by atoms with Gasteiger partial charge in [-0.2, -0.15) is 0 Å². The second-order valence-electron chi connectivity index (χ2n) is 8.35. The molecule has 1 unspecified atom stereocenters. The summed E-state index contributed by atoms with van der Waals surface area (Å²) in [7, 11) is 0. The Bertz CT molecular complexity index is 1020. The maximum Gasteiger partial charge on any atom is 0.242 e. The van der Waals surface area contributed by atoms with E-state index in [4.69, 9.17) is 16.6 Å². The van der Waals surface area contributed by atoms with Crippen LogP contribution >= 0.6 is 23.4 Å². The number of carbonyl (C=O) groups excluding carboxylic acids is 2. The molecule has 164 valence electrons. The van der Waals surface area contributed by atoms with Crippen molar-refractivity contribution in [1.82, 2.24) is 4.90 Å². The van der Waals surface area contributed by atoms with Crippen LogP contribution in [0.1, 0.15) is 37.0 Å². The van der Waals surface area contributed by atoms with Crippen molar-refractivity contribution in [3.8, 4) is 0 Å². The summed E-state index contributed by atoms with van der Waals surface area (Å²) in [6.45, 7) is 10.6. The molecule has 0 spiro atoms. The zero-order valence-electron chi connectivity index (χ0n) is 18.5. The number of nitrogens with one attached hydrogen (secondary N) is 1. The van der Waals surface area contributed by atoms with Gasteiger partial charge in [0.05, 0.1) is 5.69 Å². The van der Waals surface area contributed by atoms with Crippen LogP contribution in [0, 0.1) is 26.7 Å². The number of nitrogens with zero attached hydrogens (tertiary/aromatic N) is 2.